The summed E-state index contributed by atoms with van der Waals surface area (Å²) in [4.78, 5) is 23.4. The van der Waals surface area contributed by atoms with E-state index in [4.69, 9.17) is 5.11 Å². The van der Waals surface area contributed by atoms with Crippen LogP contribution in [-0.4, -0.2) is 30.1 Å². The van der Waals surface area contributed by atoms with Crippen LogP contribution in [0.15, 0.2) is 18.2 Å². The van der Waals surface area contributed by atoms with Crippen LogP contribution < -0.4 is 10.6 Å². The molecular formula is C15H19FN2O3. The van der Waals surface area contributed by atoms with Crippen molar-refractivity contribution in [3.05, 3.63) is 29.6 Å². The standard InChI is InChI=1S/C15H19FN2O3/c1-2-5-15(6-7-17-9-15)14(21)18-10-3-4-12(16)11(8-10)13(19)20/h3-4,8,17H,2,5-7,9H2,1H3,(H,18,21)(H,19,20). The van der Waals surface area contributed by atoms with Crippen molar-refractivity contribution in [2.75, 3.05) is 18.4 Å². The molecule has 2 rings (SSSR count). The van der Waals surface area contributed by atoms with Crippen LogP contribution in [0.5, 0.6) is 0 Å². The Morgan fingerprint density at radius 3 is 2.81 bits per heavy atom. The summed E-state index contributed by atoms with van der Waals surface area (Å²) in [5.41, 5.74) is -0.602. The molecule has 0 aromatic heterocycles. The summed E-state index contributed by atoms with van der Waals surface area (Å²) >= 11 is 0. The van der Waals surface area contributed by atoms with Gasteiger partial charge in [-0.15, -0.1) is 0 Å². The van der Waals surface area contributed by atoms with Crippen LogP contribution in [0.25, 0.3) is 0 Å². The first-order chi connectivity index (χ1) is 9.98. The Bertz CT molecular complexity index is 554. The zero-order valence-corrected chi connectivity index (χ0v) is 11.9. The first-order valence-corrected chi connectivity index (χ1v) is 7.03. The van der Waals surface area contributed by atoms with Crippen LogP contribution in [0.1, 0.15) is 36.5 Å². The topological polar surface area (TPSA) is 78.4 Å². The van der Waals surface area contributed by atoms with Gasteiger partial charge in [0.25, 0.3) is 0 Å². The van der Waals surface area contributed by atoms with Gasteiger partial charge in [-0.1, -0.05) is 13.3 Å². The Kier molecular flexibility index (Phi) is 4.57. The lowest BCUT2D eigenvalue weighted by atomic mass is 9.81. The minimum absolute atomic E-state index is 0.141. The van der Waals surface area contributed by atoms with Gasteiger partial charge in [0.2, 0.25) is 5.91 Å². The van der Waals surface area contributed by atoms with Crippen LogP contribution in [0.4, 0.5) is 10.1 Å². The van der Waals surface area contributed by atoms with E-state index in [-0.39, 0.29) is 5.91 Å². The highest BCUT2D eigenvalue weighted by Crippen LogP contribution is 2.32. The lowest BCUT2D eigenvalue weighted by Gasteiger charge is -2.26. The Morgan fingerprint density at radius 2 is 2.24 bits per heavy atom. The monoisotopic (exact) mass is 294 g/mol. The number of carbonyl (C=O) groups is 2. The summed E-state index contributed by atoms with van der Waals surface area (Å²) in [5, 5.41) is 14.8. The molecule has 1 aliphatic heterocycles. The highest BCUT2D eigenvalue weighted by Gasteiger charge is 2.40. The highest BCUT2D eigenvalue weighted by atomic mass is 19.1. The third-order valence-electron chi connectivity index (χ3n) is 3.91. The van der Waals surface area contributed by atoms with Crippen molar-refractivity contribution in [3.8, 4) is 0 Å². The van der Waals surface area contributed by atoms with Crippen molar-refractivity contribution < 1.29 is 19.1 Å². The molecule has 1 fully saturated rings. The molecule has 1 amide bonds. The Hall–Kier alpha value is -1.95. The van der Waals surface area contributed by atoms with Crippen molar-refractivity contribution in [2.24, 2.45) is 5.41 Å². The maximum atomic E-state index is 13.4. The predicted molar refractivity (Wildman–Crippen MR) is 76.8 cm³/mol. The molecule has 21 heavy (non-hydrogen) atoms. The number of anilines is 1. The van der Waals surface area contributed by atoms with Crippen LogP contribution in [0.2, 0.25) is 0 Å². The molecule has 1 aromatic rings. The number of amides is 1. The van der Waals surface area contributed by atoms with E-state index in [1.807, 2.05) is 6.92 Å². The summed E-state index contributed by atoms with van der Waals surface area (Å²) in [6.45, 7) is 3.42. The quantitative estimate of drug-likeness (QED) is 0.778. The zero-order valence-electron chi connectivity index (χ0n) is 11.9. The summed E-state index contributed by atoms with van der Waals surface area (Å²) in [6, 6.07) is 3.58. The van der Waals surface area contributed by atoms with Crippen LogP contribution >= 0.6 is 0 Å². The zero-order chi connectivity index (χ0) is 15.5. The number of benzene rings is 1. The van der Waals surface area contributed by atoms with Crippen molar-refractivity contribution in [3.63, 3.8) is 0 Å². The third kappa shape index (κ3) is 3.21. The number of nitrogens with one attached hydrogen (secondary N) is 2. The highest BCUT2D eigenvalue weighted by molar-refractivity contribution is 5.97. The van der Waals surface area contributed by atoms with Crippen molar-refractivity contribution >= 4 is 17.6 Å². The molecule has 6 heteroatoms. The van der Waals surface area contributed by atoms with E-state index in [1.54, 1.807) is 0 Å². The molecular weight excluding hydrogens is 275 g/mol. The summed E-state index contributed by atoms with van der Waals surface area (Å²) in [7, 11) is 0. The SMILES string of the molecule is CCCC1(C(=O)Nc2ccc(F)c(C(=O)O)c2)CCNC1. The lowest BCUT2D eigenvalue weighted by Crippen LogP contribution is -2.38. The summed E-state index contributed by atoms with van der Waals surface area (Å²) < 4.78 is 13.4. The minimum Gasteiger partial charge on any atom is -0.478 e. The number of halogens is 1. The first-order valence-electron chi connectivity index (χ1n) is 7.03. The number of rotatable bonds is 5. The second-order valence-corrected chi connectivity index (χ2v) is 5.41. The van der Waals surface area contributed by atoms with E-state index in [0.717, 1.165) is 37.9 Å². The van der Waals surface area contributed by atoms with Gasteiger partial charge in [0.1, 0.15) is 5.82 Å². The molecule has 1 aromatic carbocycles. The number of aromatic carboxylic acids is 1. The fraction of sp³-hybridized carbons (Fsp3) is 0.467. The van der Waals surface area contributed by atoms with E-state index < -0.39 is 22.8 Å². The molecule has 0 spiro atoms. The van der Waals surface area contributed by atoms with Crippen LogP contribution in [0.3, 0.4) is 0 Å². The van der Waals surface area contributed by atoms with Gasteiger partial charge in [0.15, 0.2) is 0 Å². The average Bonchev–Trinajstić information content (AvgIpc) is 2.91. The first kappa shape index (κ1) is 15.4. The maximum absolute atomic E-state index is 13.4. The fourth-order valence-electron chi connectivity index (χ4n) is 2.77. The molecule has 0 radical (unpaired) electrons. The molecule has 114 valence electrons. The molecule has 3 N–H and O–H groups in total. The summed E-state index contributed by atoms with van der Waals surface area (Å²) in [5.74, 6) is -2.31. The largest absolute Gasteiger partial charge is 0.478 e. The van der Waals surface area contributed by atoms with Crippen molar-refractivity contribution in [1.82, 2.24) is 5.32 Å². The molecule has 1 unspecified atom stereocenters. The van der Waals surface area contributed by atoms with Crippen LogP contribution in [-0.2, 0) is 4.79 Å². The molecule has 0 aliphatic carbocycles. The molecule has 5 nitrogen and oxygen atoms in total. The molecule has 1 aliphatic rings. The van der Waals surface area contributed by atoms with Gasteiger partial charge in [-0.2, -0.15) is 0 Å². The Morgan fingerprint density at radius 1 is 1.48 bits per heavy atom. The van der Waals surface area contributed by atoms with E-state index in [0.29, 0.717) is 12.2 Å². The van der Waals surface area contributed by atoms with Gasteiger partial charge < -0.3 is 15.7 Å². The Labute approximate surface area is 122 Å². The smallest absolute Gasteiger partial charge is 0.338 e. The fourth-order valence-corrected chi connectivity index (χ4v) is 2.77. The van der Waals surface area contributed by atoms with Crippen LogP contribution in [0, 0.1) is 11.2 Å². The van der Waals surface area contributed by atoms with Gasteiger partial charge >= 0.3 is 5.97 Å². The lowest BCUT2D eigenvalue weighted by molar-refractivity contribution is -0.125. The third-order valence-corrected chi connectivity index (χ3v) is 3.91. The van der Waals surface area contributed by atoms with E-state index in [1.165, 1.54) is 6.07 Å². The van der Waals surface area contributed by atoms with Crippen molar-refractivity contribution in [1.29, 1.82) is 0 Å². The molecule has 0 saturated carbocycles. The van der Waals surface area contributed by atoms with Gasteiger partial charge in [-0.3, -0.25) is 4.79 Å². The Balaban J connectivity index is 2.19. The predicted octanol–water partition coefficient (Wildman–Crippen LogP) is 2.24. The van der Waals surface area contributed by atoms with Crippen molar-refractivity contribution in [2.45, 2.75) is 26.2 Å². The number of carboxylic acid groups (broad SMARTS) is 1. The van der Waals surface area contributed by atoms with E-state index in [9.17, 15) is 14.0 Å². The normalized spacial score (nSPS) is 21.2. The average molecular weight is 294 g/mol. The molecule has 1 atom stereocenters. The number of hydrogen-bond donors (Lipinski definition) is 3. The van der Waals surface area contributed by atoms with E-state index in [2.05, 4.69) is 10.6 Å². The number of carboxylic acids is 1. The summed E-state index contributed by atoms with van der Waals surface area (Å²) in [6.07, 6.45) is 2.40. The minimum atomic E-state index is -1.35. The number of hydrogen-bond acceptors (Lipinski definition) is 3. The van der Waals surface area contributed by atoms with Gasteiger partial charge in [-0.05, 0) is 37.6 Å². The second-order valence-electron chi connectivity index (χ2n) is 5.41. The molecule has 1 heterocycles. The van der Waals surface area contributed by atoms with Gasteiger partial charge in [0.05, 0.1) is 11.0 Å². The van der Waals surface area contributed by atoms with E-state index >= 15 is 0 Å². The molecule has 0 bridgehead atoms. The van der Waals surface area contributed by atoms with Gasteiger partial charge in [0, 0.05) is 12.2 Å². The maximum Gasteiger partial charge on any atom is 0.338 e. The molecule has 1 saturated heterocycles. The van der Waals surface area contributed by atoms with Gasteiger partial charge in [-0.25, -0.2) is 9.18 Å². The number of carbonyl (C=O) groups excluding carboxylic acids is 1. The second kappa shape index (κ2) is 6.22.